The van der Waals surface area contributed by atoms with E-state index in [4.69, 9.17) is 5.73 Å². The minimum absolute atomic E-state index is 0.623. The average molecular weight is 205 g/mol. The minimum Gasteiger partial charge on any atom is -0.384 e. The number of likely N-dealkylation sites (tertiary alicyclic amines) is 1. The highest BCUT2D eigenvalue weighted by Gasteiger charge is 2.15. The molecule has 2 rings (SSSR count). The van der Waals surface area contributed by atoms with Crippen LogP contribution < -0.4 is 5.73 Å². The third-order valence-electron chi connectivity index (χ3n) is 3.13. The molecule has 0 spiro atoms. The average Bonchev–Trinajstić information content (AvgIpc) is 2.22. The van der Waals surface area contributed by atoms with Crippen LogP contribution in [0.15, 0.2) is 18.3 Å². The molecule has 3 nitrogen and oxygen atoms in total. The zero-order chi connectivity index (χ0) is 10.7. The minimum atomic E-state index is 0.623. The van der Waals surface area contributed by atoms with Crippen LogP contribution in [0.5, 0.6) is 0 Å². The van der Waals surface area contributed by atoms with Crippen molar-refractivity contribution in [1.82, 2.24) is 9.88 Å². The van der Waals surface area contributed by atoms with Gasteiger partial charge in [-0.2, -0.15) is 0 Å². The first-order chi connectivity index (χ1) is 7.24. The maximum Gasteiger partial charge on any atom is 0.123 e. The Balaban J connectivity index is 1.92. The van der Waals surface area contributed by atoms with Crippen LogP contribution in [-0.2, 0) is 6.54 Å². The molecule has 0 saturated carbocycles. The van der Waals surface area contributed by atoms with E-state index in [9.17, 15) is 0 Å². The van der Waals surface area contributed by atoms with E-state index in [0.717, 1.165) is 12.5 Å². The number of hydrogen-bond acceptors (Lipinski definition) is 3. The van der Waals surface area contributed by atoms with Crippen LogP contribution in [0.3, 0.4) is 0 Å². The summed E-state index contributed by atoms with van der Waals surface area (Å²) < 4.78 is 0. The van der Waals surface area contributed by atoms with Gasteiger partial charge in [0.15, 0.2) is 0 Å². The lowest BCUT2D eigenvalue weighted by atomic mass is 9.99. The molecule has 15 heavy (non-hydrogen) atoms. The molecule has 0 bridgehead atoms. The highest BCUT2D eigenvalue weighted by Crippen LogP contribution is 2.18. The predicted molar refractivity (Wildman–Crippen MR) is 62.3 cm³/mol. The summed E-state index contributed by atoms with van der Waals surface area (Å²) in [6.07, 6.45) is 4.43. The summed E-state index contributed by atoms with van der Waals surface area (Å²) in [5.41, 5.74) is 6.93. The smallest absolute Gasteiger partial charge is 0.123 e. The van der Waals surface area contributed by atoms with Crippen LogP contribution >= 0.6 is 0 Å². The van der Waals surface area contributed by atoms with Gasteiger partial charge in [-0.25, -0.2) is 4.98 Å². The molecule has 1 aromatic rings. The third kappa shape index (κ3) is 2.93. The summed E-state index contributed by atoms with van der Waals surface area (Å²) >= 11 is 0. The van der Waals surface area contributed by atoms with E-state index in [0.29, 0.717) is 5.82 Å². The van der Waals surface area contributed by atoms with Crippen molar-refractivity contribution in [3.05, 3.63) is 23.9 Å². The second-order valence-electron chi connectivity index (χ2n) is 4.55. The normalized spacial score (nSPS) is 19.3. The molecular weight excluding hydrogens is 186 g/mol. The zero-order valence-electron chi connectivity index (χ0n) is 9.32. The number of hydrogen-bond donors (Lipinski definition) is 1. The van der Waals surface area contributed by atoms with Gasteiger partial charge in [0.2, 0.25) is 0 Å². The van der Waals surface area contributed by atoms with E-state index in [2.05, 4.69) is 16.8 Å². The van der Waals surface area contributed by atoms with Crippen molar-refractivity contribution in [2.75, 3.05) is 18.8 Å². The lowest BCUT2D eigenvalue weighted by molar-refractivity contribution is 0.185. The van der Waals surface area contributed by atoms with Gasteiger partial charge in [0.25, 0.3) is 0 Å². The molecule has 1 aliphatic heterocycles. The second kappa shape index (κ2) is 4.62. The number of nitrogens with zero attached hydrogens (tertiary/aromatic N) is 2. The van der Waals surface area contributed by atoms with Crippen LogP contribution in [-0.4, -0.2) is 23.0 Å². The summed E-state index contributed by atoms with van der Waals surface area (Å²) in [5, 5.41) is 0. The van der Waals surface area contributed by atoms with Crippen molar-refractivity contribution in [1.29, 1.82) is 0 Å². The van der Waals surface area contributed by atoms with Gasteiger partial charge in [0.05, 0.1) is 0 Å². The second-order valence-corrected chi connectivity index (χ2v) is 4.55. The topological polar surface area (TPSA) is 42.2 Å². The molecule has 1 aliphatic rings. The monoisotopic (exact) mass is 205 g/mol. The molecule has 2 heterocycles. The highest BCUT2D eigenvalue weighted by molar-refractivity contribution is 5.31. The Kier molecular flexibility index (Phi) is 3.21. The Bertz CT molecular complexity index is 316. The van der Waals surface area contributed by atoms with E-state index in [1.165, 1.54) is 31.5 Å². The molecule has 0 amide bonds. The van der Waals surface area contributed by atoms with Gasteiger partial charge < -0.3 is 5.73 Å². The fourth-order valence-corrected chi connectivity index (χ4v) is 2.07. The summed E-state index contributed by atoms with van der Waals surface area (Å²) in [6, 6.07) is 4.02. The van der Waals surface area contributed by atoms with Crippen molar-refractivity contribution in [2.45, 2.75) is 26.3 Å². The maximum atomic E-state index is 5.66. The van der Waals surface area contributed by atoms with Crippen molar-refractivity contribution < 1.29 is 0 Å². The number of nitrogen functional groups attached to an aromatic ring is 1. The molecule has 1 aromatic heterocycles. The van der Waals surface area contributed by atoms with Gasteiger partial charge >= 0.3 is 0 Å². The van der Waals surface area contributed by atoms with Crippen molar-refractivity contribution in [2.24, 2.45) is 5.92 Å². The van der Waals surface area contributed by atoms with Gasteiger partial charge in [0.1, 0.15) is 5.82 Å². The molecule has 0 radical (unpaired) electrons. The zero-order valence-corrected chi connectivity index (χ0v) is 9.32. The van der Waals surface area contributed by atoms with E-state index in [-0.39, 0.29) is 0 Å². The Morgan fingerprint density at radius 1 is 1.47 bits per heavy atom. The van der Waals surface area contributed by atoms with Gasteiger partial charge in [-0.1, -0.05) is 6.92 Å². The van der Waals surface area contributed by atoms with E-state index in [1.54, 1.807) is 6.20 Å². The molecule has 1 fully saturated rings. The number of anilines is 1. The molecular formula is C12H19N3. The molecule has 0 unspecified atom stereocenters. The maximum absolute atomic E-state index is 5.66. The summed E-state index contributed by atoms with van der Waals surface area (Å²) in [6.45, 7) is 5.77. The Morgan fingerprint density at radius 2 is 2.20 bits per heavy atom. The standard InChI is InChI=1S/C12H19N3/c1-10-3-6-15(7-4-10)9-11-2-5-14-12(13)8-11/h2,5,8,10H,3-4,6-7,9H2,1H3,(H2,13,14). The Hall–Kier alpha value is -1.09. The van der Waals surface area contributed by atoms with Crippen molar-refractivity contribution >= 4 is 5.82 Å². The van der Waals surface area contributed by atoms with Gasteiger partial charge in [-0.15, -0.1) is 0 Å². The van der Waals surface area contributed by atoms with Crippen LogP contribution in [0.4, 0.5) is 5.82 Å². The first kappa shape index (κ1) is 10.4. The van der Waals surface area contributed by atoms with Crippen molar-refractivity contribution in [3.63, 3.8) is 0 Å². The first-order valence-corrected chi connectivity index (χ1v) is 5.67. The summed E-state index contributed by atoms with van der Waals surface area (Å²) in [5.74, 6) is 1.52. The molecule has 0 aromatic carbocycles. The van der Waals surface area contributed by atoms with Crippen LogP contribution in [0.1, 0.15) is 25.3 Å². The molecule has 3 heteroatoms. The largest absolute Gasteiger partial charge is 0.384 e. The number of rotatable bonds is 2. The van der Waals surface area contributed by atoms with Crippen molar-refractivity contribution in [3.8, 4) is 0 Å². The van der Waals surface area contributed by atoms with Gasteiger partial charge in [0, 0.05) is 12.7 Å². The SMILES string of the molecule is CC1CCN(Cc2ccnc(N)c2)CC1. The van der Waals surface area contributed by atoms with E-state index >= 15 is 0 Å². The quantitative estimate of drug-likeness (QED) is 0.801. The van der Waals surface area contributed by atoms with Gasteiger partial charge in [-0.3, -0.25) is 4.90 Å². The lowest BCUT2D eigenvalue weighted by Crippen LogP contribution is -2.32. The number of aromatic nitrogens is 1. The fraction of sp³-hybridized carbons (Fsp3) is 0.583. The third-order valence-corrected chi connectivity index (χ3v) is 3.13. The fourth-order valence-electron chi connectivity index (χ4n) is 2.07. The number of piperidine rings is 1. The van der Waals surface area contributed by atoms with Crippen LogP contribution in [0.25, 0.3) is 0 Å². The number of nitrogens with two attached hydrogens (primary N) is 1. The predicted octanol–water partition coefficient (Wildman–Crippen LogP) is 1.90. The van der Waals surface area contributed by atoms with Crippen LogP contribution in [0, 0.1) is 5.92 Å². The molecule has 0 aliphatic carbocycles. The van der Waals surface area contributed by atoms with Crippen LogP contribution in [0.2, 0.25) is 0 Å². The molecule has 0 atom stereocenters. The molecule has 1 saturated heterocycles. The summed E-state index contributed by atoms with van der Waals surface area (Å²) in [7, 11) is 0. The molecule has 2 N–H and O–H groups in total. The Morgan fingerprint density at radius 3 is 2.87 bits per heavy atom. The van der Waals surface area contributed by atoms with Gasteiger partial charge in [-0.05, 0) is 49.5 Å². The lowest BCUT2D eigenvalue weighted by Gasteiger charge is -2.30. The first-order valence-electron chi connectivity index (χ1n) is 5.67. The van der Waals surface area contributed by atoms with E-state index < -0.39 is 0 Å². The highest BCUT2D eigenvalue weighted by atomic mass is 15.1. The van der Waals surface area contributed by atoms with E-state index in [1.807, 2.05) is 12.1 Å². The Labute approximate surface area is 91.3 Å². The molecule has 82 valence electrons. The summed E-state index contributed by atoms with van der Waals surface area (Å²) in [4.78, 5) is 6.50. The number of pyridine rings is 1.